The van der Waals surface area contributed by atoms with Crippen LogP contribution < -0.4 is 5.56 Å². The summed E-state index contributed by atoms with van der Waals surface area (Å²) >= 11 is 1.13. The first-order valence-corrected chi connectivity index (χ1v) is 7.32. The second kappa shape index (κ2) is 5.77. The number of fused-ring (bicyclic) bond motifs is 1. The molecule has 0 aliphatic heterocycles. The summed E-state index contributed by atoms with van der Waals surface area (Å²) in [5.41, 5.74) is 0.239. The molecule has 2 rings (SSSR count). The molecule has 0 aromatic carbocycles. The maximum Gasteiger partial charge on any atom is 0.348 e. The van der Waals surface area contributed by atoms with Crippen LogP contribution >= 0.6 is 11.3 Å². The van der Waals surface area contributed by atoms with Gasteiger partial charge in [-0.3, -0.25) is 14.2 Å². The lowest BCUT2D eigenvalue weighted by molar-refractivity contribution is -0.117. The number of aromatic nitrogens is 2. The first-order chi connectivity index (χ1) is 9.81. The standard InChI is InChI=1S/C14H16N2O4S/c1-7(2)20-14(19)11-9(4)10-12(21-11)15-6-16(13(10)18)5-8(3)17/h6-7H,5H2,1-4H3. The normalized spacial score (nSPS) is 11.1. The van der Waals surface area contributed by atoms with E-state index in [1.54, 1.807) is 20.8 Å². The molecule has 0 amide bonds. The van der Waals surface area contributed by atoms with Crippen molar-refractivity contribution in [1.82, 2.24) is 9.55 Å². The summed E-state index contributed by atoms with van der Waals surface area (Å²) in [6.07, 6.45) is 1.10. The molecule has 2 heterocycles. The fourth-order valence-corrected chi connectivity index (χ4v) is 3.00. The molecule has 6 nitrogen and oxygen atoms in total. The number of Topliss-reactive ketones (excluding diaryl/α,β-unsaturated/α-hetero) is 1. The van der Waals surface area contributed by atoms with E-state index in [1.807, 2.05) is 0 Å². The second-order valence-corrected chi connectivity index (χ2v) is 6.07. The van der Waals surface area contributed by atoms with Crippen molar-refractivity contribution in [3.63, 3.8) is 0 Å². The van der Waals surface area contributed by atoms with Crippen LogP contribution in [0.1, 0.15) is 36.0 Å². The van der Waals surface area contributed by atoms with Gasteiger partial charge in [-0.2, -0.15) is 0 Å². The number of hydrogen-bond acceptors (Lipinski definition) is 6. The Balaban J connectivity index is 2.57. The largest absolute Gasteiger partial charge is 0.459 e. The molecule has 0 unspecified atom stereocenters. The monoisotopic (exact) mass is 308 g/mol. The molecule has 0 bridgehead atoms. The molecule has 7 heteroatoms. The summed E-state index contributed by atoms with van der Waals surface area (Å²) in [5.74, 6) is -0.589. The van der Waals surface area contributed by atoms with E-state index in [2.05, 4.69) is 4.98 Å². The minimum absolute atomic E-state index is 0.0250. The van der Waals surface area contributed by atoms with Crippen molar-refractivity contribution in [3.05, 3.63) is 27.1 Å². The number of carbonyl (C=O) groups excluding carboxylic acids is 2. The smallest absolute Gasteiger partial charge is 0.348 e. The topological polar surface area (TPSA) is 78.3 Å². The number of thiophene rings is 1. The Kier molecular flexibility index (Phi) is 4.22. The maximum absolute atomic E-state index is 12.4. The maximum atomic E-state index is 12.4. The minimum Gasteiger partial charge on any atom is -0.459 e. The van der Waals surface area contributed by atoms with Gasteiger partial charge in [0.05, 0.1) is 24.4 Å². The lowest BCUT2D eigenvalue weighted by Crippen LogP contribution is -2.23. The SMILES string of the molecule is CC(=O)Cn1cnc2sc(C(=O)OC(C)C)c(C)c2c1=O. The lowest BCUT2D eigenvalue weighted by Gasteiger charge is -2.06. The molecular formula is C14H16N2O4S. The molecule has 0 spiro atoms. The van der Waals surface area contributed by atoms with Gasteiger partial charge >= 0.3 is 5.97 Å². The third kappa shape index (κ3) is 3.02. The van der Waals surface area contributed by atoms with Gasteiger partial charge in [-0.15, -0.1) is 11.3 Å². The van der Waals surface area contributed by atoms with Gasteiger partial charge in [0, 0.05) is 0 Å². The summed E-state index contributed by atoms with van der Waals surface area (Å²) in [4.78, 5) is 40.6. The molecule has 0 atom stereocenters. The van der Waals surface area contributed by atoms with Crippen LogP contribution in [0.5, 0.6) is 0 Å². The first kappa shape index (κ1) is 15.4. The van der Waals surface area contributed by atoms with Crippen molar-refractivity contribution < 1.29 is 14.3 Å². The zero-order valence-corrected chi connectivity index (χ0v) is 13.1. The predicted molar refractivity (Wildman–Crippen MR) is 79.8 cm³/mol. The Morgan fingerprint density at radius 2 is 2.10 bits per heavy atom. The highest BCUT2D eigenvalue weighted by Gasteiger charge is 2.21. The van der Waals surface area contributed by atoms with Crippen LogP contribution in [0.3, 0.4) is 0 Å². The first-order valence-electron chi connectivity index (χ1n) is 6.50. The fraction of sp³-hybridized carbons (Fsp3) is 0.429. The molecule has 0 aliphatic carbocycles. The Morgan fingerprint density at radius 1 is 1.43 bits per heavy atom. The molecule has 21 heavy (non-hydrogen) atoms. The number of hydrogen-bond donors (Lipinski definition) is 0. The molecule has 2 aromatic heterocycles. The molecule has 0 radical (unpaired) electrons. The van der Waals surface area contributed by atoms with E-state index in [0.29, 0.717) is 20.7 Å². The van der Waals surface area contributed by atoms with Crippen molar-refractivity contribution in [1.29, 1.82) is 0 Å². The zero-order chi connectivity index (χ0) is 15.7. The molecule has 0 saturated heterocycles. The number of rotatable bonds is 4. The summed E-state index contributed by atoms with van der Waals surface area (Å²) < 4.78 is 6.41. The van der Waals surface area contributed by atoms with Crippen LogP contribution in [-0.2, 0) is 16.1 Å². The highest BCUT2D eigenvalue weighted by atomic mass is 32.1. The third-order valence-electron chi connectivity index (χ3n) is 2.84. The molecule has 112 valence electrons. The lowest BCUT2D eigenvalue weighted by atomic mass is 10.2. The summed E-state index contributed by atoms with van der Waals surface area (Å²) in [7, 11) is 0. The minimum atomic E-state index is -0.456. The Hall–Kier alpha value is -2.02. The van der Waals surface area contributed by atoms with E-state index in [1.165, 1.54) is 17.8 Å². The van der Waals surface area contributed by atoms with Crippen molar-refractivity contribution in [3.8, 4) is 0 Å². The van der Waals surface area contributed by atoms with Gasteiger partial charge in [0.25, 0.3) is 5.56 Å². The van der Waals surface area contributed by atoms with Gasteiger partial charge in [-0.25, -0.2) is 9.78 Å². The van der Waals surface area contributed by atoms with Crippen LogP contribution in [-0.4, -0.2) is 27.4 Å². The van der Waals surface area contributed by atoms with Gasteiger partial charge in [0.1, 0.15) is 15.5 Å². The van der Waals surface area contributed by atoms with E-state index in [4.69, 9.17) is 4.74 Å². The van der Waals surface area contributed by atoms with Crippen molar-refractivity contribution in [2.45, 2.75) is 40.3 Å². The Bertz CT molecular complexity index is 773. The molecular weight excluding hydrogens is 292 g/mol. The van der Waals surface area contributed by atoms with Gasteiger partial charge in [-0.1, -0.05) is 0 Å². The van der Waals surface area contributed by atoms with Gasteiger partial charge in [-0.05, 0) is 33.3 Å². The number of aryl methyl sites for hydroxylation is 1. The van der Waals surface area contributed by atoms with Crippen LogP contribution in [0, 0.1) is 6.92 Å². The van der Waals surface area contributed by atoms with E-state index in [-0.39, 0.29) is 24.0 Å². The number of nitrogens with zero attached hydrogens (tertiary/aromatic N) is 2. The Morgan fingerprint density at radius 3 is 2.67 bits per heavy atom. The average Bonchev–Trinajstić information content (AvgIpc) is 2.70. The van der Waals surface area contributed by atoms with Gasteiger partial charge in [0.15, 0.2) is 0 Å². The molecule has 2 aromatic rings. The molecule has 0 aliphatic rings. The number of ketones is 1. The van der Waals surface area contributed by atoms with Crippen LogP contribution in [0.4, 0.5) is 0 Å². The van der Waals surface area contributed by atoms with Crippen molar-refractivity contribution in [2.75, 3.05) is 0 Å². The van der Waals surface area contributed by atoms with Crippen LogP contribution in [0.25, 0.3) is 10.2 Å². The number of ether oxygens (including phenoxy) is 1. The second-order valence-electron chi connectivity index (χ2n) is 5.07. The fourth-order valence-electron chi connectivity index (χ4n) is 1.97. The summed E-state index contributed by atoms with van der Waals surface area (Å²) in [6.45, 7) is 6.60. The van der Waals surface area contributed by atoms with Crippen LogP contribution in [0.15, 0.2) is 11.1 Å². The number of esters is 1. The molecule has 0 saturated carbocycles. The van der Waals surface area contributed by atoms with Crippen molar-refractivity contribution >= 4 is 33.3 Å². The van der Waals surface area contributed by atoms with Gasteiger partial charge in [0.2, 0.25) is 0 Å². The van der Waals surface area contributed by atoms with Gasteiger partial charge < -0.3 is 4.74 Å². The quantitative estimate of drug-likeness (QED) is 0.806. The van der Waals surface area contributed by atoms with E-state index in [9.17, 15) is 14.4 Å². The van der Waals surface area contributed by atoms with Crippen LogP contribution in [0.2, 0.25) is 0 Å². The predicted octanol–water partition coefficient (Wildman–Crippen LogP) is 1.92. The zero-order valence-electron chi connectivity index (χ0n) is 12.3. The number of carbonyl (C=O) groups is 2. The van der Waals surface area contributed by atoms with E-state index < -0.39 is 5.97 Å². The molecule has 0 N–H and O–H groups in total. The summed E-state index contributed by atoms with van der Waals surface area (Å²) in [5, 5.41) is 0.374. The van der Waals surface area contributed by atoms with E-state index in [0.717, 1.165) is 11.3 Å². The summed E-state index contributed by atoms with van der Waals surface area (Å²) in [6, 6.07) is 0. The Labute approximate surface area is 125 Å². The van der Waals surface area contributed by atoms with Crippen molar-refractivity contribution in [2.24, 2.45) is 0 Å². The third-order valence-corrected chi connectivity index (χ3v) is 4.02. The highest BCUT2D eigenvalue weighted by molar-refractivity contribution is 7.20. The molecule has 0 fully saturated rings. The highest BCUT2D eigenvalue weighted by Crippen LogP contribution is 2.27. The van der Waals surface area contributed by atoms with E-state index >= 15 is 0 Å². The average molecular weight is 308 g/mol.